The Morgan fingerprint density at radius 3 is 2.33 bits per heavy atom. The fourth-order valence-electron chi connectivity index (χ4n) is 1.30. The summed E-state index contributed by atoms with van der Waals surface area (Å²) in [6.07, 6.45) is 2.64. The number of aliphatic hydroxyl groups excluding tert-OH is 2. The van der Waals surface area contributed by atoms with E-state index in [1.54, 1.807) is 0 Å². The molecule has 0 aliphatic rings. The lowest BCUT2D eigenvalue weighted by Gasteiger charge is -2.32. The van der Waals surface area contributed by atoms with Gasteiger partial charge in [0, 0.05) is 13.0 Å². The smallest absolute Gasteiger partial charge is 0.102 e. The fourth-order valence-corrected chi connectivity index (χ4v) is 1.30. The van der Waals surface area contributed by atoms with E-state index in [0.717, 1.165) is 30.5 Å². The SMILES string of the molecule is C=CC[N+](C)(CCO)CCCO. The predicted molar refractivity (Wildman–Crippen MR) is 49.8 cm³/mol. The maximum Gasteiger partial charge on any atom is 0.102 e. The standard InChI is InChI=1S/C9H20NO2/c1-3-5-10(2,7-9-12)6-4-8-11/h3,11-12H,1,4-9H2,2H3/q+1. The van der Waals surface area contributed by atoms with Crippen LogP contribution in [0.3, 0.4) is 0 Å². The number of nitrogens with zero attached hydrogens (tertiary/aromatic N) is 1. The van der Waals surface area contributed by atoms with Gasteiger partial charge in [0.15, 0.2) is 0 Å². The van der Waals surface area contributed by atoms with E-state index in [1.807, 2.05) is 6.08 Å². The van der Waals surface area contributed by atoms with Gasteiger partial charge in [-0.3, -0.25) is 0 Å². The average molecular weight is 174 g/mol. The Bertz CT molecular complexity index is 128. The lowest BCUT2D eigenvalue weighted by Crippen LogP contribution is -2.47. The van der Waals surface area contributed by atoms with Crippen LogP contribution in [0, 0.1) is 0 Å². The quantitative estimate of drug-likeness (QED) is 0.421. The number of likely N-dealkylation sites (N-methyl/N-ethyl adjacent to an activating group) is 1. The molecule has 1 atom stereocenters. The molecule has 0 aromatic heterocycles. The minimum atomic E-state index is 0.190. The van der Waals surface area contributed by atoms with Crippen molar-refractivity contribution in [1.82, 2.24) is 0 Å². The van der Waals surface area contributed by atoms with Gasteiger partial charge in [-0.1, -0.05) is 6.58 Å². The normalized spacial score (nSPS) is 15.6. The van der Waals surface area contributed by atoms with E-state index in [2.05, 4.69) is 13.6 Å². The molecule has 2 N–H and O–H groups in total. The minimum absolute atomic E-state index is 0.190. The number of aliphatic hydroxyl groups is 2. The van der Waals surface area contributed by atoms with E-state index in [0.29, 0.717) is 0 Å². The second kappa shape index (κ2) is 6.17. The summed E-state index contributed by atoms with van der Waals surface area (Å²) in [6.45, 7) is 6.55. The first-order chi connectivity index (χ1) is 5.68. The summed E-state index contributed by atoms with van der Waals surface area (Å²) in [5.41, 5.74) is 0. The topological polar surface area (TPSA) is 40.5 Å². The zero-order valence-electron chi connectivity index (χ0n) is 7.87. The summed E-state index contributed by atoms with van der Waals surface area (Å²) >= 11 is 0. The molecule has 12 heavy (non-hydrogen) atoms. The van der Waals surface area contributed by atoms with E-state index in [4.69, 9.17) is 10.2 Å². The van der Waals surface area contributed by atoms with Crippen LogP contribution in [0.4, 0.5) is 0 Å². The Balaban J connectivity index is 3.88. The molecule has 3 heteroatoms. The number of rotatable bonds is 7. The molecule has 0 saturated heterocycles. The lowest BCUT2D eigenvalue weighted by atomic mass is 10.3. The minimum Gasteiger partial charge on any atom is -0.396 e. The van der Waals surface area contributed by atoms with Crippen LogP contribution in [0.2, 0.25) is 0 Å². The van der Waals surface area contributed by atoms with Crippen molar-refractivity contribution in [2.24, 2.45) is 0 Å². The molecule has 0 spiro atoms. The highest BCUT2D eigenvalue weighted by atomic mass is 16.3. The average Bonchev–Trinajstić information content (AvgIpc) is 2.02. The van der Waals surface area contributed by atoms with Gasteiger partial charge in [0.25, 0.3) is 0 Å². The van der Waals surface area contributed by atoms with Crippen molar-refractivity contribution in [2.75, 3.05) is 39.9 Å². The second-order valence-electron chi connectivity index (χ2n) is 3.34. The Hall–Kier alpha value is -0.380. The molecule has 0 aromatic rings. The van der Waals surface area contributed by atoms with Gasteiger partial charge in [-0.05, 0) is 6.08 Å². The Morgan fingerprint density at radius 2 is 1.92 bits per heavy atom. The first-order valence-electron chi connectivity index (χ1n) is 4.34. The number of hydrogen-bond acceptors (Lipinski definition) is 2. The van der Waals surface area contributed by atoms with Crippen LogP contribution in [0.1, 0.15) is 6.42 Å². The Kier molecular flexibility index (Phi) is 5.98. The molecule has 0 radical (unpaired) electrons. The molecule has 0 fully saturated rings. The highest BCUT2D eigenvalue weighted by Crippen LogP contribution is 2.03. The molecule has 0 bridgehead atoms. The van der Waals surface area contributed by atoms with Gasteiger partial charge in [-0.2, -0.15) is 0 Å². The highest BCUT2D eigenvalue weighted by molar-refractivity contribution is 4.65. The summed E-state index contributed by atoms with van der Waals surface area (Å²) < 4.78 is 0.764. The number of hydrogen-bond donors (Lipinski definition) is 2. The molecule has 0 rings (SSSR count). The maximum absolute atomic E-state index is 8.82. The zero-order chi connectivity index (χ0) is 9.45. The highest BCUT2D eigenvalue weighted by Gasteiger charge is 2.17. The van der Waals surface area contributed by atoms with Gasteiger partial charge in [0.05, 0.1) is 26.7 Å². The van der Waals surface area contributed by atoms with Crippen molar-refractivity contribution < 1.29 is 14.7 Å². The van der Waals surface area contributed by atoms with Crippen LogP contribution in [0.15, 0.2) is 12.7 Å². The first kappa shape index (κ1) is 11.6. The number of quaternary nitrogens is 1. The van der Waals surface area contributed by atoms with E-state index >= 15 is 0 Å². The van der Waals surface area contributed by atoms with Crippen LogP contribution < -0.4 is 0 Å². The summed E-state index contributed by atoms with van der Waals surface area (Å²) in [7, 11) is 2.06. The molecule has 0 aliphatic heterocycles. The molecule has 1 unspecified atom stereocenters. The Labute approximate surface area is 74.5 Å². The summed E-state index contributed by atoms with van der Waals surface area (Å²) in [5.74, 6) is 0. The fraction of sp³-hybridized carbons (Fsp3) is 0.778. The molecule has 0 saturated carbocycles. The molecule has 0 heterocycles. The second-order valence-corrected chi connectivity index (χ2v) is 3.34. The maximum atomic E-state index is 8.82. The van der Waals surface area contributed by atoms with Crippen molar-refractivity contribution >= 4 is 0 Å². The molecule has 3 nitrogen and oxygen atoms in total. The van der Waals surface area contributed by atoms with Gasteiger partial charge in [0.1, 0.15) is 6.54 Å². The van der Waals surface area contributed by atoms with Crippen molar-refractivity contribution in [3.05, 3.63) is 12.7 Å². The predicted octanol–water partition coefficient (Wildman–Crippen LogP) is -0.00630. The lowest BCUT2D eigenvalue weighted by molar-refractivity contribution is -0.904. The third kappa shape index (κ3) is 4.49. The van der Waals surface area contributed by atoms with Crippen LogP contribution in [0.5, 0.6) is 0 Å². The van der Waals surface area contributed by atoms with Gasteiger partial charge in [0.2, 0.25) is 0 Å². The van der Waals surface area contributed by atoms with E-state index in [1.165, 1.54) is 0 Å². The van der Waals surface area contributed by atoms with Gasteiger partial charge >= 0.3 is 0 Å². The summed E-state index contributed by atoms with van der Waals surface area (Å²) in [6, 6.07) is 0. The third-order valence-electron chi connectivity index (χ3n) is 2.07. The van der Waals surface area contributed by atoms with E-state index in [-0.39, 0.29) is 13.2 Å². The molecule has 0 amide bonds. The zero-order valence-corrected chi connectivity index (χ0v) is 7.87. The van der Waals surface area contributed by atoms with Gasteiger partial charge in [-0.15, -0.1) is 0 Å². The van der Waals surface area contributed by atoms with Gasteiger partial charge in [-0.25, -0.2) is 0 Å². The third-order valence-corrected chi connectivity index (χ3v) is 2.07. The summed E-state index contributed by atoms with van der Waals surface area (Å²) in [4.78, 5) is 0. The largest absolute Gasteiger partial charge is 0.396 e. The van der Waals surface area contributed by atoms with Crippen LogP contribution in [-0.2, 0) is 0 Å². The molecule has 0 aromatic carbocycles. The van der Waals surface area contributed by atoms with Crippen LogP contribution in [0.25, 0.3) is 0 Å². The molecular formula is C9H20NO2+. The molecule has 0 aliphatic carbocycles. The molecule has 72 valence electrons. The first-order valence-corrected chi connectivity index (χ1v) is 4.34. The van der Waals surface area contributed by atoms with Crippen molar-refractivity contribution in [2.45, 2.75) is 6.42 Å². The summed E-state index contributed by atoms with van der Waals surface area (Å²) in [5, 5.41) is 17.5. The van der Waals surface area contributed by atoms with Crippen molar-refractivity contribution in [3.8, 4) is 0 Å². The van der Waals surface area contributed by atoms with E-state index < -0.39 is 0 Å². The van der Waals surface area contributed by atoms with Gasteiger partial charge < -0.3 is 14.7 Å². The molecular weight excluding hydrogens is 154 g/mol. The monoisotopic (exact) mass is 174 g/mol. The van der Waals surface area contributed by atoms with Crippen molar-refractivity contribution in [3.63, 3.8) is 0 Å². The van der Waals surface area contributed by atoms with E-state index in [9.17, 15) is 0 Å². The van der Waals surface area contributed by atoms with Crippen molar-refractivity contribution in [1.29, 1.82) is 0 Å². The Morgan fingerprint density at radius 1 is 1.25 bits per heavy atom. The van der Waals surface area contributed by atoms with Crippen LogP contribution >= 0.6 is 0 Å². The van der Waals surface area contributed by atoms with Crippen LogP contribution in [-0.4, -0.2) is 54.6 Å².